The lowest BCUT2D eigenvalue weighted by Crippen LogP contribution is -2.33. The number of halogens is 1. The van der Waals surface area contributed by atoms with E-state index in [4.69, 9.17) is 4.74 Å². The second-order valence-corrected chi connectivity index (χ2v) is 6.67. The van der Waals surface area contributed by atoms with Crippen LogP contribution in [0.4, 0.5) is 5.69 Å². The number of likely N-dealkylation sites (N-methyl/N-ethyl adjacent to an activating group) is 1. The number of anilines is 1. The van der Waals surface area contributed by atoms with E-state index in [1.165, 1.54) is 0 Å². The number of nitrogens with zero attached hydrogens (tertiary/aromatic N) is 3. The first-order valence-corrected chi connectivity index (χ1v) is 8.53. The Labute approximate surface area is 150 Å². The molecule has 0 aliphatic rings. The lowest BCUT2D eigenvalue weighted by Gasteiger charge is -2.16. The van der Waals surface area contributed by atoms with Gasteiger partial charge in [-0.3, -0.25) is 14.4 Å². The molecule has 0 saturated heterocycles. The highest BCUT2D eigenvalue weighted by Gasteiger charge is 2.13. The van der Waals surface area contributed by atoms with Crippen LogP contribution in [0.15, 0.2) is 28.7 Å². The number of amides is 1. The van der Waals surface area contributed by atoms with Crippen LogP contribution in [0.25, 0.3) is 0 Å². The maximum absolute atomic E-state index is 12.2. The molecule has 2 rings (SSSR count). The third-order valence-corrected chi connectivity index (χ3v) is 4.27. The summed E-state index contributed by atoms with van der Waals surface area (Å²) in [6, 6.07) is 7.69. The van der Waals surface area contributed by atoms with Crippen molar-refractivity contribution < 1.29 is 9.53 Å². The summed E-state index contributed by atoms with van der Waals surface area (Å²) in [7, 11) is 3.76. The van der Waals surface area contributed by atoms with Gasteiger partial charge in [-0.05, 0) is 45.2 Å². The van der Waals surface area contributed by atoms with Gasteiger partial charge < -0.3 is 10.1 Å². The minimum Gasteiger partial charge on any atom is -0.492 e. The summed E-state index contributed by atoms with van der Waals surface area (Å²) < 4.78 is 8.45. The highest BCUT2D eigenvalue weighted by atomic mass is 79.9. The Hall–Kier alpha value is -1.86. The van der Waals surface area contributed by atoms with E-state index in [0.717, 1.165) is 27.3 Å². The van der Waals surface area contributed by atoms with Crippen LogP contribution in [0, 0.1) is 13.8 Å². The van der Waals surface area contributed by atoms with Gasteiger partial charge in [-0.15, -0.1) is 0 Å². The van der Waals surface area contributed by atoms with E-state index in [2.05, 4.69) is 26.3 Å². The van der Waals surface area contributed by atoms with Crippen LogP contribution in [0.2, 0.25) is 0 Å². The van der Waals surface area contributed by atoms with E-state index < -0.39 is 0 Å². The van der Waals surface area contributed by atoms with E-state index in [0.29, 0.717) is 19.7 Å². The molecule has 0 aliphatic carbocycles. The van der Waals surface area contributed by atoms with E-state index in [1.54, 1.807) is 4.68 Å². The number of hydrogen-bond donors (Lipinski definition) is 1. The summed E-state index contributed by atoms with van der Waals surface area (Å²) in [5, 5.41) is 7.23. The summed E-state index contributed by atoms with van der Waals surface area (Å²) in [6.07, 6.45) is 0. The topological polar surface area (TPSA) is 59.4 Å². The highest BCUT2D eigenvalue weighted by molar-refractivity contribution is 9.10. The minimum atomic E-state index is -0.0552. The van der Waals surface area contributed by atoms with Gasteiger partial charge in [0.25, 0.3) is 0 Å². The Kier molecular flexibility index (Phi) is 6.39. The molecule has 0 aliphatic heterocycles. The van der Waals surface area contributed by atoms with Crippen molar-refractivity contribution in [3.05, 3.63) is 40.1 Å². The predicted molar refractivity (Wildman–Crippen MR) is 98.4 cm³/mol. The summed E-state index contributed by atoms with van der Waals surface area (Å²) in [5.41, 5.74) is 2.56. The number of nitrogens with one attached hydrogen (secondary N) is 1. The van der Waals surface area contributed by atoms with E-state index >= 15 is 0 Å². The molecule has 1 heterocycles. The standard InChI is InChI=1S/C17H23BrN4O2/c1-12-17(13(2)22(4)20-12)19-16(23)11-21(3)9-10-24-15-7-5-14(18)6-8-15/h5-8H,9-11H2,1-4H3,(H,19,23). The van der Waals surface area contributed by atoms with Crippen molar-refractivity contribution in [3.63, 3.8) is 0 Å². The van der Waals surface area contributed by atoms with Crippen LogP contribution in [0.3, 0.4) is 0 Å². The molecule has 0 spiro atoms. The first-order valence-electron chi connectivity index (χ1n) is 7.73. The van der Waals surface area contributed by atoms with E-state index in [9.17, 15) is 4.79 Å². The third kappa shape index (κ3) is 5.07. The number of carbonyl (C=O) groups excluding carboxylic acids is 1. The lowest BCUT2D eigenvalue weighted by atomic mass is 10.3. The van der Waals surface area contributed by atoms with Crippen LogP contribution >= 0.6 is 15.9 Å². The molecule has 0 unspecified atom stereocenters. The van der Waals surface area contributed by atoms with Gasteiger partial charge in [0.1, 0.15) is 12.4 Å². The molecular formula is C17H23BrN4O2. The van der Waals surface area contributed by atoms with Crippen molar-refractivity contribution in [1.29, 1.82) is 0 Å². The SMILES string of the molecule is Cc1nn(C)c(C)c1NC(=O)CN(C)CCOc1ccc(Br)cc1. The second-order valence-electron chi connectivity index (χ2n) is 5.76. The van der Waals surface area contributed by atoms with Crippen molar-refractivity contribution in [2.24, 2.45) is 7.05 Å². The quantitative estimate of drug-likeness (QED) is 0.784. The fraction of sp³-hybridized carbons (Fsp3) is 0.412. The van der Waals surface area contributed by atoms with E-state index in [-0.39, 0.29) is 5.91 Å². The number of rotatable bonds is 7. The van der Waals surface area contributed by atoms with Crippen LogP contribution < -0.4 is 10.1 Å². The van der Waals surface area contributed by atoms with Crippen molar-refractivity contribution >= 4 is 27.5 Å². The highest BCUT2D eigenvalue weighted by Crippen LogP contribution is 2.18. The molecule has 24 heavy (non-hydrogen) atoms. The second kappa shape index (κ2) is 8.30. The molecule has 0 atom stereocenters. The van der Waals surface area contributed by atoms with Crippen LogP contribution in [-0.2, 0) is 11.8 Å². The summed E-state index contributed by atoms with van der Waals surface area (Å²) in [6.45, 7) is 5.31. The maximum Gasteiger partial charge on any atom is 0.238 e. The van der Waals surface area contributed by atoms with Gasteiger partial charge in [0.05, 0.1) is 23.6 Å². The van der Waals surface area contributed by atoms with Crippen molar-refractivity contribution in [3.8, 4) is 5.75 Å². The smallest absolute Gasteiger partial charge is 0.238 e. The summed E-state index contributed by atoms with van der Waals surface area (Å²) >= 11 is 3.39. The zero-order valence-corrected chi connectivity index (χ0v) is 16.1. The first kappa shape index (κ1) is 18.5. The zero-order valence-electron chi connectivity index (χ0n) is 14.5. The lowest BCUT2D eigenvalue weighted by molar-refractivity contribution is -0.117. The fourth-order valence-electron chi connectivity index (χ4n) is 2.31. The van der Waals surface area contributed by atoms with Gasteiger partial charge in [-0.1, -0.05) is 15.9 Å². The van der Waals surface area contributed by atoms with Crippen molar-refractivity contribution in [2.75, 3.05) is 32.1 Å². The molecule has 0 bridgehead atoms. The molecule has 1 aromatic heterocycles. The minimum absolute atomic E-state index is 0.0552. The Morgan fingerprint density at radius 3 is 2.58 bits per heavy atom. The largest absolute Gasteiger partial charge is 0.492 e. The number of aromatic nitrogens is 2. The molecule has 1 N–H and O–H groups in total. The Balaban J connectivity index is 1.76. The first-order chi connectivity index (χ1) is 11.4. The van der Waals surface area contributed by atoms with Gasteiger partial charge in [-0.2, -0.15) is 5.10 Å². The van der Waals surface area contributed by atoms with Crippen LogP contribution in [0.5, 0.6) is 5.75 Å². The van der Waals surface area contributed by atoms with Gasteiger partial charge in [-0.25, -0.2) is 0 Å². The molecule has 7 heteroatoms. The number of aryl methyl sites for hydroxylation is 2. The Bertz CT molecular complexity index is 697. The molecule has 2 aromatic rings. The Morgan fingerprint density at radius 1 is 1.33 bits per heavy atom. The van der Waals surface area contributed by atoms with Gasteiger partial charge in [0.15, 0.2) is 0 Å². The molecular weight excluding hydrogens is 372 g/mol. The average Bonchev–Trinajstić information content (AvgIpc) is 2.75. The Morgan fingerprint density at radius 2 is 2.00 bits per heavy atom. The predicted octanol–water partition coefficient (Wildman–Crippen LogP) is 2.75. The average molecular weight is 395 g/mol. The molecule has 6 nitrogen and oxygen atoms in total. The molecule has 0 radical (unpaired) electrons. The van der Waals surface area contributed by atoms with Crippen molar-refractivity contribution in [2.45, 2.75) is 13.8 Å². The molecule has 1 aromatic carbocycles. The van der Waals surface area contributed by atoms with Crippen LogP contribution in [-0.4, -0.2) is 47.3 Å². The van der Waals surface area contributed by atoms with Crippen LogP contribution in [0.1, 0.15) is 11.4 Å². The number of hydrogen-bond acceptors (Lipinski definition) is 4. The fourth-order valence-corrected chi connectivity index (χ4v) is 2.57. The number of benzene rings is 1. The molecule has 0 saturated carbocycles. The maximum atomic E-state index is 12.2. The van der Waals surface area contributed by atoms with Gasteiger partial charge in [0, 0.05) is 18.1 Å². The summed E-state index contributed by atoms with van der Waals surface area (Å²) in [4.78, 5) is 14.1. The van der Waals surface area contributed by atoms with Gasteiger partial charge >= 0.3 is 0 Å². The third-order valence-electron chi connectivity index (χ3n) is 3.74. The zero-order chi connectivity index (χ0) is 17.7. The van der Waals surface area contributed by atoms with E-state index in [1.807, 2.05) is 57.1 Å². The monoisotopic (exact) mass is 394 g/mol. The molecule has 1 amide bonds. The van der Waals surface area contributed by atoms with Gasteiger partial charge in [0.2, 0.25) is 5.91 Å². The number of carbonyl (C=O) groups is 1. The molecule has 130 valence electrons. The van der Waals surface area contributed by atoms with Crippen molar-refractivity contribution in [1.82, 2.24) is 14.7 Å². The molecule has 0 fully saturated rings. The number of ether oxygens (including phenoxy) is 1. The summed E-state index contributed by atoms with van der Waals surface area (Å²) in [5.74, 6) is 0.762. The normalized spacial score (nSPS) is 10.9.